The summed E-state index contributed by atoms with van der Waals surface area (Å²) in [6, 6.07) is -0.920. The first-order valence-electron chi connectivity index (χ1n) is 3.82. The lowest BCUT2D eigenvalue weighted by Gasteiger charge is -2.26. The summed E-state index contributed by atoms with van der Waals surface area (Å²) in [5, 5.41) is 20.0. The Kier molecular flexibility index (Phi) is 4.72. The fourth-order valence-corrected chi connectivity index (χ4v) is 1.41. The van der Waals surface area contributed by atoms with Gasteiger partial charge in [-0.25, -0.2) is 0 Å². The predicted octanol–water partition coefficient (Wildman–Crippen LogP) is -0.0544. The van der Waals surface area contributed by atoms with E-state index in [-0.39, 0.29) is 12.4 Å². The highest BCUT2D eigenvalue weighted by Crippen LogP contribution is 2.16. The van der Waals surface area contributed by atoms with Crippen molar-refractivity contribution in [3.63, 3.8) is 0 Å². The molecule has 0 spiro atoms. The van der Waals surface area contributed by atoms with Gasteiger partial charge in [-0.05, 0) is 19.4 Å². The molecule has 1 fully saturated rings. The molecular weight excluding hydrogens is 198 g/mol. The van der Waals surface area contributed by atoms with Gasteiger partial charge in [0.15, 0.2) is 0 Å². The molecule has 0 aromatic rings. The van der Waals surface area contributed by atoms with Crippen LogP contribution < -0.4 is 5.32 Å². The number of carbonyl (C=O) groups is 2. The number of carboxylic acids is 2. The Balaban J connectivity index is 0.00000144. The van der Waals surface area contributed by atoms with Gasteiger partial charge in [-0.1, -0.05) is 0 Å². The molecule has 0 bridgehead atoms. The molecule has 5 nitrogen and oxygen atoms in total. The number of piperidine rings is 1. The van der Waals surface area contributed by atoms with Crippen molar-refractivity contribution >= 4 is 24.3 Å². The minimum absolute atomic E-state index is 0. The van der Waals surface area contributed by atoms with E-state index in [2.05, 4.69) is 5.32 Å². The summed E-state index contributed by atoms with van der Waals surface area (Å²) in [6.45, 7) is 0.584. The minimum atomic E-state index is -1.08. The molecular formula is C7H12ClNO4. The van der Waals surface area contributed by atoms with Crippen molar-refractivity contribution in [2.24, 2.45) is 5.92 Å². The highest BCUT2D eigenvalue weighted by atomic mass is 35.5. The number of hydrogen-bond donors (Lipinski definition) is 3. The third kappa shape index (κ3) is 2.86. The first-order valence-corrected chi connectivity index (χ1v) is 3.82. The lowest BCUT2D eigenvalue weighted by atomic mass is 9.91. The van der Waals surface area contributed by atoms with Crippen molar-refractivity contribution in [1.82, 2.24) is 5.32 Å². The van der Waals surface area contributed by atoms with Crippen LogP contribution in [-0.4, -0.2) is 34.7 Å². The molecule has 1 heterocycles. The van der Waals surface area contributed by atoms with E-state index in [1.54, 1.807) is 0 Å². The zero-order valence-electron chi connectivity index (χ0n) is 6.90. The largest absolute Gasteiger partial charge is 0.481 e. The number of carboxylic acid groups (broad SMARTS) is 2. The molecule has 0 saturated carbocycles. The Labute approximate surface area is 81.5 Å². The standard InChI is InChI=1S/C7H11NO4.ClH/c9-6(10)4-2-1-3-8-5(4)7(11)12;/h4-5,8H,1-3H2,(H,9,10)(H,11,12);1H/t4-,5+;/m1./s1. The van der Waals surface area contributed by atoms with Crippen LogP contribution in [0.1, 0.15) is 12.8 Å². The Morgan fingerprint density at radius 1 is 1.23 bits per heavy atom. The molecule has 0 aliphatic carbocycles. The van der Waals surface area contributed by atoms with E-state index >= 15 is 0 Å². The normalized spacial score (nSPS) is 27.4. The average Bonchev–Trinajstić information content (AvgIpc) is 2.04. The van der Waals surface area contributed by atoms with Crippen LogP contribution in [0.5, 0.6) is 0 Å². The Bertz CT molecular complexity index is 187. The molecule has 6 heteroatoms. The molecule has 3 N–H and O–H groups in total. The minimum Gasteiger partial charge on any atom is -0.481 e. The average molecular weight is 210 g/mol. The second-order valence-electron chi connectivity index (χ2n) is 2.86. The van der Waals surface area contributed by atoms with Gasteiger partial charge < -0.3 is 15.5 Å². The zero-order valence-corrected chi connectivity index (χ0v) is 7.71. The van der Waals surface area contributed by atoms with Gasteiger partial charge in [0.2, 0.25) is 0 Å². The van der Waals surface area contributed by atoms with Gasteiger partial charge in [0.1, 0.15) is 6.04 Å². The molecule has 0 unspecified atom stereocenters. The van der Waals surface area contributed by atoms with Gasteiger partial charge in [0, 0.05) is 0 Å². The van der Waals surface area contributed by atoms with E-state index in [9.17, 15) is 9.59 Å². The van der Waals surface area contributed by atoms with E-state index in [0.717, 1.165) is 6.42 Å². The molecule has 1 saturated heterocycles. The molecule has 1 aliphatic heterocycles. The van der Waals surface area contributed by atoms with Crippen molar-refractivity contribution in [1.29, 1.82) is 0 Å². The summed E-state index contributed by atoms with van der Waals surface area (Å²) in [4.78, 5) is 21.1. The maximum Gasteiger partial charge on any atom is 0.321 e. The number of aliphatic carboxylic acids is 2. The Morgan fingerprint density at radius 2 is 1.85 bits per heavy atom. The van der Waals surface area contributed by atoms with Crippen LogP contribution in [0, 0.1) is 5.92 Å². The predicted molar refractivity (Wildman–Crippen MR) is 47.0 cm³/mol. The molecule has 0 aromatic heterocycles. The molecule has 0 radical (unpaired) electrons. The fraction of sp³-hybridized carbons (Fsp3) is 0.714. The van der Waals surface area contributed by atoms with Crippen LogP contribution in [-0.2, 0) is 9.59 Å². The van der Waals surface area contributed by atoms with Crippen LogP contribution in [0.2, 0.25) is 0 Å². The van der Waals surface area contributed by atoms with Crippen LogP contribution in [0.25, 0.3) is 0 Å². The van der Waals surface area contributed by atoms with Crippen LogP contribution in [0.4, 0.5) is 0 Å². The van der Waals surface area contributed by atoms with Crippen LogP contribution >= 0.6 is 12.4 Å². The maximum atomic E-state index is 10.6. The molecule has 1 aliphatic rings. The van der Waals surface area contributed by atoms with Gasteiger partial charge >= 0.3 is 11.9 Å². The first kappa shape index (κ1) is 12.2. The number of hydrogen-bond acceptors (Lipinski definition) is 3. The van der Waals surface area contributed by atoms with Gasteiger partial charge in [0.05, 0.1) is 5.92 Å². The molecule has 76 valence electrons. The van der Waals surface area contributed by atoms with Crippen molar-refractivity contribution in [2.45, 2.75) is 18.9 Å². The van der Waals surface area contributed by atoms with Gasteiger partial charge in [-0.2, -0.15) is 0 Å². The second kappa shape index (κ2) is 5.04. The summed E-state index contributed by atoms with van der Waals surface area (Å²) in [5.74, 6) is -2.90. The lowest BCUT2D eigenvalue weighted by Crippen LogP contribution is -2.49. The number of rotatable bonds is 2. The maximum absolute atomic E-state index is 10.6. The van der Waals surface area contributed by atoms with Crippen LogP contribution in [0.15, 0.2) is 0 Å². The molecule has 2 atom stereocenters. The second-order valence-corrected chi connectivity index (χ2v) is 2.86. The summed E-state index contributed by atoms with van der Waals surface area (Å²) >= 11 is 0. The molecule has 0 amide bonds. The van der Waals surface area contributed by atoms with E-state index in [4.69, 9.17) is 10.2 Å². The van der Waals surface area contributed by atoms with Crippen molar-refractivity contribution in [3.8, 4) is 0 Å². The van der Waals surface area contributed by atoms with E-state index in [1.807, 2.05) is 0 Å². The van der Waals surface area contributed by atoms with Crippen molar-refractivity contribution in [2.75, 3.05) is 6.54 Å². The van der Waals surface area contributed by atoms with Gasteiger partial charge in [0.25, 0.3) is 0 Å². The summed E-state index contributed by atoms with van der Waals surface area (Å²) in [5.41, 5.74) is 0. The number of halogens is 1. The van der Waals surface area contributed by atoms with Crippen LogP contribution in [0.3, 0.4) is 0 Å². The first-order chi connectivity index (χ1) is 5.63. The topological polar surface area (TPSA) is 86.6 Å². The Hall–Kier alpha value is -0.810. The third-order valence-electron chi connectivity index (χ3n) is 2.04. The zero-order chi connectivity index (χ0) is 9.14. The fourth-order valence-electron chi connectivity index (χ4n) is 1.41. The number of nitrogens with one attached hydrogen (secondary N) is 1. The SMILES string of the molecule is Cl.O=C(O)[C@H]1NCCC[C@H]1C(=O)O. The molecule has 0 aromatic carbocycles. The Morgan fingerprint density at radius 3 is 2.23 bits per heavy atom. The summed E-state index contributed by atoms with van der Waals surface area (Å²) in [6.07, 6.45) is 1.17. The van der Waals surface area contributed by atoms with Crippen molar-refractivity contribution in [3.05, 3.63) is 0 Å². The quantitative estimate of drug-likeness (QED) is 0.594. The smallest absolute Gasteiger partial charge is 0.321 e. The highest BCUT2D eigenvalue weighted by Gasteiger charge is 2.35. The monoisotopic (exact) mass is 209 g/mol. The van der Waals surface area contributed by atoms with E-state index in [0.29, 0.717) is 13.0 Å². The summed E-state index contributed by atoms with van der Waals surface area (Å²) < 4.78 is 0. The van der Waals surface area contributed by atoms with Crippen molar-refractivity contribution < 1.29 is 19.8 Å². The molecule has 1 rings (SSSR count). The van der Waals surface area contributed by atoms with Gasteiger partial charge in [-0.3, -0.25) is 9.59 Å². The lowest BCUT2D eigenvalue weighted by molar-refractivity contribution is -0.152. The summed E-state index contributed by atoms with van der Waals surface area (Å²) in [7, 11) is 0. The van der Waals surface area contributed by atoms with E-state index in [1.165, 1.54) is 0 Å². The molecule has 13 heavy (non-hydrogen) atoms. The van der Waals surface area contributed by atoms with Gasteiger partial charge in [-0.15, -0.1) is 12.4 Å². The highest BCUT2D eigenvalue weighted by molar-refractivity contribution is 5.85. The third-order valence-corrected chi connectivity index (χ3v) is 2.04. The van der Waals surface area contributed by atoms with E-state index < -0.39 is 23.9 Å².